The van der Waals surface area contributed by atoms with Crippen molar-refractivity contribution in [1.82, 2.24) is 0 Å². The molecule has 0 aliphatic heterocycles. The van der Waals surface area contributed by atoms with Crippen molar-refractivity contribution >= 4 is 27.7 Å². The first-order chi connectivity index (χ1) is 11.9. The fraction of sp³-hybridized carbons (Fsp3) is 0.222. The van der Waals surface area contributed by atoms with E-state index >= 15 is 0 Å². The van der Waals surface area contributed by atoms with Gasteiger partial charge in [-0.2, -0.15) is 0 Å². The molecule has 132 valence electrons. The lowest BCUT2D eigenvalue weighted by molar-refractivity contribution is -0.146. The maximum atomic E-state index is 11.8. The molecule has 0 saturated carbocycles. The Morgan fingerprint density at radius 2 is 1.72 bits per heavy atom. The van der Waals surface area contributed by atoms with E-state index in [0.717, 1.165) is 15.6 Å². The number of nitrogens with zero attached hydrogens (tertiary/aromatic N) is 1. The Morgan fingerprint density at radius 1 is 1.12 bits per heavy atom. The second-order valence-corrected chi connectivity index (χ2v) is 6.12. The second-order valence-electron chi connectivity index (χ2n) is 5.33. The highest BCUT2D eigenvalue weighted by Gasteiger charge is 2.08. The molecule has 0 aromatic heterocycles. The number of hydrogen-bond acceptors (Lipinski definition) is 5. The number of benzene rings is 2. The Bertz CT molecular complexity index is 765. The summed E-state index contributed by atoms with van der Waals surface area (Å²) in [6.07, 6.45) is 0. The van der Waals surface area contributed by atoms with Crippen LogP contribution < -0.4 is 15.2 Å². The highest BCUT2D eigenvalue weighted by molar-refractivity contribution is 9.10. The molecule has 2 aromatic rings. The van der Waals surface area contributed by atoms with Gasteiger partial charge in [0.15, 0.2) is 12.4 Å². The summed E-state index contributed by atoms with van der Waals surface area (Å²) < 4.78 is 11.5. The lowest BCUT2D eigenvalue weighted by atomic mass is 10.1. The molecule has 0 spiro atoms. The molecule has 0 bridgehead atoms. The molecule has 25 heavy (non-hydrogen) atoms. The number of amidine groups is 1. The first kappa shape index (κ1) is 18.8. The standard InChI is InChI=1S/C18H19BrN2O4/c1-11-8-15(9-12(2)17(11)19)24-10-16(22)25-21-18(20)13-4-6-14(23-3)7-5-13/h4-9H,10H2,1-3H3,(H2,20,21). The van der Waals surface area contributed by atoms with Gasteiger partial charge in [0.1, 0.15) is 11.5 Å². The van der Waals surface area contributed by atoms with E-state index in [9.17, 15) is 4.79 Å². The van der Waals surface area contributed by atoms with Crippen molar-refractivity contribution in [2.45, 2.75) is 13.8 Å². The van der Waals surface area contributed by atoms with Crippen molar-refractivity contribution in [2.24, 2.45) is 10.9 Å². The summed E-state index contributed by atoms with van der Waals surface area (Å²) in [5, 5.41) is 3.63. The number of hydrogen-bond donors (Lipinski definition) is 1. The zero-order valence-electron chi connectivity index (χ0n) is 14.2. The van der Waals surface area contributed by atoms with Crippen LogP contribution in [0.4, 0.5) is 0 Å². The number of carbonyl (C=O) groups is 1. The molecule has 6 nitrogen and oxygen atoms in total. The molecule has 0 atom stereocenters. The lowest BCUT2D eigenvalue weighted by Gasteiger charge is -2.09. The van der Waals surface area contributed by atoms with Crippen molar-refractivity contribution in [3.8, 4) is 11.5 Å². The molecule has 0 fully saturated rings. The summed E-state index contributed by atoms with van der Waals surface area (Å²) in [7, 11) is 1.57. The van der Waals surface area contributed by atoms with E-state index < -0.39 is 5.97 Å². The van der Waals surface area contributed by atoms with E-state index in [1.54, 1.807) is 31.4 Å². The summed E-state index contributed by atoms with van der Waals surface area (Å²) in [5.74, 6) is 0.727. The van der Waals surface area contributed by atoms with Crippen molar-refractivity contribution < 1.29 is 19.1 Å². The maximum absolute atomic E-state index is 11.8. The van der Waals surface area contributed by atoms with E-state index in [2.05, 4.69) is 21.1 Å². The molecule has 2 aromatic carbocycles. The number of carbonyl (C=O) groups excluding carboxylic acids is 1. The Labute approximate surface area is 154 Å². The largest absolute Gasteiger partial charge is 0.497 e. The SMILES string of the molecule is COc1ccc(/C(N)=N/OC(=O)COc2cc(C)c(Br)c(C)c2)cc1. The molecule has 0 aliphatic carbocycles. The summed E-state index contributed by atoms with van der Waals surface area (Å²) >= 11 is 3.48. The smallest absolute Gasteiger partial charge is 0.372 e. The van der Waals surface area contributed by atoms with Crippen LogP contribution in [-0.2, 0) is 9.63 Å². The highest BCUT2D eigenvalue weighted by atomic mass is 79.9. The van der Waals surface area contributed by atoms with Crippen molar-refractivity contribution in [2.75, 3.05) is 13.7 Å². The molecule has 0 unspecified atom stereocenters. The van der Waals surface area contributed by atoms with E-state index in [4.69, 9.17) is 20.0 Å². The van der Waals surface area contributed by atoms with Gasteiger partial charge in [0, 0.05) is 10.0 Å². The zero-order chi connectivity index (χ0) is 18.4. The third-order valence-electron chi connectivity index (χ3n) is 3.40. The third kappa shape index (κ3) is 5.22. The van der Waals surface area contributed by atoms with E-state index in [1.165, 1.54) is 0 Å². The van der Waals surface area contributed by atoms with Crippen molar-refractivity contribution in [3.05, 3.63) is 57.6 Å². The number of ether oxygens (including phenoxy) is 2. The fourth-order valence-corrected chi connectivity index (χ4v) is 2.30. The van der Waals surface area contributed by atoms with Crippen LogP contribution in [0, 0.1) is 13.8 Å². The van der Waals surface area contributed by atoms with Gasteiger partial charge < -0.3 is 20.0 Å². The average Bonchev–Trinajstić information content (AvgIpc) is 2.62. The number of methoxy groups -OCH3 is 1. The molecule has 0 heterocycles. The van der Waals surface area contributed by atoms with Crippen LogP contribution in [0.25, 0.3) is 0 Å². The van der Waals surface area contributed by atoms with Gasteiger partial charge in [0.2, 0.25) is 0 Å². The van der Waals surface area contributed by atoms with Gasteiger partial charge in [-0.25, -0.2) is 4.79 Å². The monoisotopic (exact) mass is 406 g/mol. The van der Waals surface area contributed by atoms with Crippen LogP contribution in [-0.4, -0.2) is 25.5 Å². The average molecular weight is 407 g/mol. The normalized spacial score (nSPS) is 11.1. The van der Waals surface area contributed by atoms with Crippen LogP contribution in [0.15, 0.2) is 46.0 Å². The van der Waals surface area contributed by atoms with Crippen LogP contribution in [0.1, 0.15) is 16.7 Å². The minimum atomic E-state index is -0.644. The molecule has 0 aliphatic rings. The summed E-state index contributed by atoms with van der Waals surface area (Å²) in [5.41, 5.74) is 8.44. The number of rotatable bonds is 6. The third-order valence-corrected chi connectivity index (χ3v) is 4.65. The van der Waals surface area contributed by atoms with Crippen molar-refractivity contribution in [3.63, 3.8) is 0 Å². The van der Waals surface area contributed by atoms with Gasteiger partial charge >= 0.3 is 5.97 Å². The van der Waals surface area contributed by atoms with Crippen LogP contribution in [0.5, 0.6) is 11.5 Å². The molecular weight excluding hydrogens is 388 g/mol. The Balaban J connectivity index is 1.91. The molecular formula is C18H19BrN2O4. The molecule has 2 N–H and O–H groups in total. The van der Waals surface area contributed by atoms with Gasteiger partial charge in [-0.05, 0) is 61.4 Å². The molecule has 2 rings (SSSR count). The minimum Gasteiger partial charge on any atom is -0.497 e. The topological polar surface area (TPSA) is 83.1 Å². The van der Waals surface area contributed by atoms with Crippen LogP contribution >= 0.6 is 15.9 Å². The Morgan fingerprint density at radius 3 is 2.28 bits per heavy atom. The number of nitrogens with two attached hydrogens (primary N) is 1. The van der Waals surface area contributed by atoms with Gasteiger partial charge in [-0.1, -0.05) is 21.1 Å². The zero-order valence-corrected chi connectivity index (χ0v) is 15.8. The van der Waals surface area contributed by atoms with Crippen LogP contribution in [0.3, 0.4) is 0 Å². The Hall–Kier alpha value is -2.54. The number of oxime groups is 1. The van der Waals surface area contributed by atoms with E-state index in [-0.39, 0.29) is 12.4 Å². The molecule has 0 radical (unpaired) electrons. The fourth-order valence-electron chi connectivity index (χ4n) is 2.07. The highest BCUT2D eigenvalue weighted by Crippen LogP contribution is 2.26. The molecule has 0 saturated heterocycles. The van der Waals surface area contributed by atoms with Gasteiger partial charge in [0.05, 0.1) is 7.11 Å². The molecule has 7 heteroatoms. The first-order valence-electron chi connectivity index (χ1n) is 7.48. The van der Waals surface area contributed by atoms with Crippen LogP contribution in [0.2, 0.25) is 0 Å². The first-order valence-corrected chi connectivity index (χ1v) is 8.27. The predicted molar refractivity (Wildman–Crippen MR) is 98.9 cm³/mol. The maximum Gasteiger partial charge on any atom is 0.372 e. The van der Waals surface area contributed by atoms with Gasteiger partial charge in [0.25, 0.3) is 0 Å². The number of aryl methyl sites for hydroxylation is 2. The number of halogens is 1. The minimum absolute atomic E-state index is 0.0892. The predicted octanol–water partition coefficient (Wildman–Crippen LogP) is 3.32. The summed E-state index contributed by atoms with van der Waals surface area (Å²) in [4.78, 5) is 16.5. The lowest BCUT2D eigenvalue weighted by Crippen LogP contribution is -2.18. The van der Waals surface area contributed by atoms with Gasteiger partial charge in [-0.3, -0.25) is 0 Å². The molecule has 0 amide bonds. The van der Waals surface area contributed by atoms with E-state index in [1.807, 2.05) is 26.0 Å². The second kappa shape index (κ2) is 8.53. The van der Waals surface area contributed by atoms with Gasteiger partial charge in [-0.15, -0.1) is 0 Å². The summed E-state index contributed by atoms with van der Waals surface area (Å²) in [6.45, 7) is 3.63. The summed E-state index contributed by atoms with van der Waals surface area (Å²) in [6, 6.07) is 10.6. The quantitative estimate of drug-likeness (QED) is 0.344. The van der Waals surface area contributed by atoms with Crippen molar-refractivity contribution in [1.29, 1.82) is 0 Å². The van der Waals surface area contributed by atoms with E-state index in [0.29, 0.717) is 17.1 Å². The Kier molecular flexibility index (Phi) is 6.41.